The first-order valence-corrected chi connectivity index (χ1v) is 5.88. The zero-order valence-electron chi connectivity index (χ0n) is 9.11. The topological polar surface area (TPSA) is 17.8 Å². The van der Waals surface area contributed by atoms with Crippen LogP contribution in [0.4, 0.5) is 4.39 Å². The van der Waals surface area contributed by atoms with Gasteiger partial charge in [-0.25, -0.2) is 4.39 Å². The van der Waals surface area contributed by atoms with Crippen LogP contribution in [0.2, 0.25) is 0 Å². The highest BCUT2D eigenvalue weighted by molar-refractivity contribution is 9.10. The number of halogens is 2. The highest BCUT2D eigenvalue weighted by Gasteiger charge is 2.15. The fraction of sp³-hybridized carbons (Fsp3) is 0.250. The van der Waals surface area contributed by atoms with E-state index in [4.69, 9.17) is 0 Å². The molecule has 0 aliphatic carbocycles. The molecule has 0 unspecified atom stereocenters. The molecule has 1 aromatic heterocycles. The van der Waals surface area contributed by atoms with Crippen LogP contribution in [0.5, 0.6) is 0 Å². The van der Waals surface area contributed by atoms with Gasteiger partial charge < -0.3 is 0 Å². The molecule has 0 aliphatic heterocycles. The Hall–Kier alpha value is -1.16. The minimum Gasteiger partial charge on any atom is -0.261 e. The Morgan fingerprint density at radius 1 is 1.31 bits per heavy atom. The average Bonchev–Trinajstić information content (AvgIpc) is 2.61. The first kappa shape index (κ1) is 11.3. The molecule has 2 rings (SSSR count). The van der Waals surface area contributed by atoms with Crippen LogP contribution < -0.4 is 0 Å². The number of hydrogen-bond donors (Lipinski definition) is 0. The summed E-state index contributed by atoms with van der Waals surface area (Å²) in [5, 5.41) is 4.24. The lowest BCUT2D eigenvalue weighted by Gasteiger charge is -2.12. The van der Waals surface area contributed by atoms with Crippen molar-refractivity contribution in [3.05, 3.63) is 40.8 Å². The third-order valence-electron chi connectivity index (χ3n) is 2.37. The lowest BCUT2D eigenvalue weighted by molar-refractivity contribution is 0.535. The van der Waals surface area contributed by atoms with E-state index < -0.39 is 0 Å². The normalized spacial score (nSPS) is 11.1. The van der Waals surface area contributed by atoms with Crippen LogP contribution in [0.15, 0.2) is 34.9 Å². The van der Waals surface area contributed by atoms with Gasteiger partial charge in [-0.05, 0) is 41.9 Å². The largest absolute Gasteiger partial charge is 0.261 e. The monoisotopic (exact) mass is 282 g/mol. The molecule has 16 heavy (non-hydrogen) atoms. The van der Waals surface area contributed by atoms with Gasteiger partial charge in [0.25, 0.3) is 0 Å². The summed E-state index contributed by atoms with van der Waals surface area (Å²) in [6, 6.07) is 6.92. The van der Waals surface area contributed by atoms with Gasteiger partial charge in [-0.1, -0.05) is 12.1 Å². The summed E-state index contributed by atoms with van der Waals surface area (Å²) < 4.78 is 16.3. The van der Waals surface area contributed by atoms with Gasteiger partial charge in [0.1, 0.15) is 5.82 Å². The molecule has 0 saturated carbocycles. The average molecular weight is 283 g/mol. The second-order valence-corrected chi connectivity index (χ2v) is 4.71. The number of rotatable bonds is 2. The molecule has 0 amide bonds. The Balaban J connectivity index is 2.64. The van der Waals surface area contributed by atoms with E-state index in [9.17, 15) is 4.39 Å². The molecule has 0 aliphatic rings. The third kappa shape index (κ3) is 1.89. The van der Waals surface area contributed by atoms with Gasteiger partial charge in [0.2, 0.25) is 0 Å². The molecule has 84 valence electrons. The molecule has 1 heterocycles. The van der Waals surface area contributed by atoms with Crippen molar-refractivity contribution in [1.82, 2.24) is 9.78 Å². The second-order valence-electron chi connectivity index (χ2n) is 3.86. The van der Waals surface area contributed by atoms with Crippen LogP contribution in [0.1, 0.15) is 19.9 Å². The highest BCUT2D eigenvalue weighted by Crippen LogP contribution is 2.31. The SMILES string of the molecule is CC(C)n1ncc(Br)c1-c1ccccc1F. The van der Waals surface area contributed by atoms with Crippen molar-refractivity contribution < 1.29 is 4.39 Å². The quantitative estimate of drug-likeness (QED) is 0.813. The van der Waals surface area contributed by atoms with Crippen molar-refractivity contribution in [3.63, 3.8) is 0 Å². The van der Waals surface area contributed by atoms with Crippen LogP contribution in [0.25, 0.3) is 11.3 Å². The Kier molecular flexibility index (Phi) is 3.10. The Morgan fingerprint density at radius 3 is 2.62 bits per heavy atom. The van der Waals surface area contributed by atoms with Crippen LogP contribution in [-0.4, -0.2) is 9.78 Å². The van der Waals surface area contributed by atoms with E-state index in [-0.39, 0.29) is 11.9 Å². The van der Waals surface area contributed by atoms with Gasteiger partial charge >= 0.3 is 0 Å². The molecule has 1 aromatic carbocycles. The molecule has 0 fully saturated rings. The fourth-order valence-electron chi connectivity index (χ4n) is 1.64. The first-order chi connectivity index (χ1) is 7.61. The maximum atomic E-state index is 13.7. The minimum absolute atomic E-state index is 0.195. The maximum absolute atomic E-state index is 13.7. The standard InChI is InChI=1S/C12H12BrFN2/c1-8(2)16-12(10(13)7-15-16)9-5-3-4-6-11(9)14/h3-8H,1-2H3. The summed E-state index contributed by atoms with van der Waals surface area (Å²) in [7, 11) is 0. The molecule has 0 bridgehead atoms. The molecule has 2 aromatic rings. The van der Waals surface area contributed by atoms with E-state index >= 15 is 0 Å². The zero-order chi connectivity index (χ0) is 11.7. The van der Waals surface area contributed by atoms with Crippen molar-refractivity contribution in [1.29, 1.82) is 0 Å². The van der Waals surface area contributed by atoms with Gasteiger partial charge in [-0.15, -0.1) is 0 Å². The minimum atomic E-state index is -0.231. The predicted octanol–water partition coefficient (Wildman–Crippen LogP) is 4.03. The Morgan fingerprint density at radius 2 is 2.00 bits per heavy atom. The number of aromatic nitrogens is 2. The summed E-state index contributed by atoms with van der Waals surface area (Å²) in [6.45, 7) is 4.04. The van der Waals surface area contributed by atoms with Crippen molar-refractivity contribution in [3.8, 4) is 11.3 Å². The van der Waals surface area contributed by atoms with Gasteiger partial charge in [0.05, 0.1) is 16.4 Å². The highest BCUT2D eigenvalue weighted by atomic mass is 79.9. The van der Waals surface area contributed by atoms with Gasteiger partial charge in [-0.2, -0.15) is 5.10 Å². The van der Waals surface area contributed by atoms with Crippen LogP contribution >= 0.6 is 15.9 Å². The van der Waals surface area contributed by atoms with E-state index in [1.54, 1.807) is 18.3 Å². The first-order valence-electron chi connectivity index (χ1n) is 5.09. The summed E-state index contributed by atoms with van der Waals surface area (Å²) in [4.78, 5) is 0. The molecule has 0 atom stereocenters. The predicted molar refractivity (Wildman–Crippen MR) is 65.7 cm³/mol. The molecule has 0 saturated heterocycles. The molecule has 2 nitrogen and oxygen atoms in total. The second kappa shape index (κ2) is 4.37. The summed E-state index contributed by atoms with van der Waals surface area (Å²) in [5.74, 6) is -0.231. The van der Waals surface area contributed by atoms with Gasteiger partial charge in [0.15, 0.2) is 0 Å². The van der Waals surface area contributed by atoms with E-state index in [2.05, 4.69) is 21.0 Å². The summed E-state index contributed by atoms with van der Waals surface area (Å²) in [5.41, 5.74) is 1.36. The van der Waals surface area contributed by atoms with Crippen LogP contribution in [-0.2, 0) is 0 Å². The van der Waals surface area contributed by atoms with Crippen LogP contribution in [0, 0.1) is 5.82 Å². The Bertz CT molecular complexity index is 505. The third-order valence-corrected chi connectivity index (χ3v) is 2.95. The fourth-order valence-corrected chi connectivity index (χ4v) is 2.12. The van der Waals surface area contributed by atoms with Crippen LogP contribution in [0.3, 0.4) is 0 Å². The van der Waals surface area contributed by atoms with E-state index in [1.807, 2.05) is 24.6 Å². The maximum Gasteiger partial charge on any atom is 0.132 e. The molecule has 0 N–H and O–H groups in total. The van der Waals surface area contributed by atoms with E-state index in [0.717, 1.165) is 10.2 Å². The van der Waals surface area contributed by atoms with Gasteiger partial charge in [0, 0.05) is 11.6 Å². The smallest absolute Gasteiger partial charge is 0.132 e. The van der Waals surface area contributed by atoms with Crippen molar-refractivity contribution in [2.24, 2.45) is 0 Å². The molecule has 4 heteroatoms. The van der Waals surface area contributed by atoms with Crippen molar-refractivity contribution in [2.45, 2.75) is 19.9 Å². The lowest BCUT2D eigenvalue weighted by Crippen LogP contribution is -2.05. The molecular formula is C12H12BrFN2. The van der Waals surface area contributed by atoms with E-state index in [1.165, 1.54) is 6.07 Å². The number of benzene rings is 1. The molecule has 0 spiro atoms. The van der Waals surface area contributed by atoms with Gasteiger partial charge in [-0.3, -0.25) is 4.68 Å². The van der Waals surface area contributed by atoms with Crippen molar-refractivity contribution >= 4 is 15.9 Å². The lowest BCUT2D eigenvalue weighted by atomic mass is 10.1. The van der Waals surface area contributed by atoms with Crippen molar-refractivity contribution in [2.75, 3.05) is 0 Å². The summed E-state index contributed by atoms with van der Waals surface area (Å²) >= 11 is 3.41. The number of nitrogens with zero attached hydrogens (tertiary/aromatic N) is 2. The summed E-state index contributed by atoms with van der Waals surface area (Å²) in [6.07, 6.45) is 1.70. The van der Waals surface area contributed by atoms with E-state index in [0.29, 0.717) is 5.56 Å². The molecule has 0 radical (unpaired) electrons. The zero-order valence-corrected chi connectivity index (χ0v) is 10.7. The molecular weight excluding hydrogens is 271 g/mol. The Labute approximate surface area is 102 Å². The number of hydrogen-bond acceptors (Lipinski definition) is 1.